The van der Waals surface area contributed by atoms with Gasteiger partial charge in [0.2, 0.25) is 0 Å². The second kappa shape index (κ2) is 7.84. The van der Waals surface area contributed by atoms with Crippen molar-refractivity contribution < 1.29 is 14.3 Å². The number of hydrogen-bond acceptors (Lipinski definition) is 4. The van der Waals surface area contributed by atoms with Crippen molar-refractivity contribution in [2.75, 3.05) is 37.0 Å². The van der Waals surface area contributed by atoms with Crippen LogP contribution in [0.1, 0.15) is 6.42 Å². The fourth-order valence-electron chi connectivity index (χ4n) is 2.77. The van der Waals surface area contributed by atoms with E-state index in [1.165, 1.54) is 0 Å². The predicted molar refractivity (Wildman–Crippen MR) is 94.6 cm³/mol. The van der Waals surface area contributed by atoms with Crippen LogP contribution in [0.3, 0.4) is 0 Å². The number of anilines is 2. The maximum Gasteiger partial charge on any atom is 0.262 e. The second-order valence-corrected chi connectivity index (χ2v) is 5.79. The number of amides is 1. The van der Waals surface area contributed by atoms with E-state index in [1.54, 1.807) is 7.11 Å². The Labute approximate surface area is 142 Å². The summed E-state index contributed by atoms with van der Waals surface area (Å²) in [7, 11) is 1.75. The molecule has 1 fully saturated rings. The highest BCUT2D eigenvalue weighted by atomic mass is 16.5. The van der Waals surface area contributed by atoms with Crippen molar-refractivity contribution >= 4 is 17.3 Å². The molecule has 1 amide bonds. The smallest absolute Gasteiger partial charge is 0.262 e. The van der Waals surface area contributed by atoms with Crippen molar-refractivity contribution in [1.29, 1.82) is 0 Å². The van der Waals surface area contributed by atoms with Crippen molar-refractivity contribution in [3.8, 4) is 5.75 Å². The number of ether oxygens (including phenoxy) is 2. The van der Waals surface area contributed by atoms with Gasteiger partial charge in [0.15, 0.2) is 6.61 Å². The lowest BCUT2D eigenvalue weighted by atomic mass is 10.2. The van der Waals surface area contributed by atoms with E-state index < -0.39 is 0 Å². The van der Waals surface area contributed by atoms with Crippen LogP contribution in [0.2, 0.25) is 0 Å². The van der Waals surface area contributed by atoms with Crippen LogP contribution in [0.25, 0.3) is 0 Å². The molecule has 5 heteroatoms. The van der Waals surface area contributed by atoms with Gasteiger partial charge in [-0.05, 0) is 42.8 Å². The zero-order chi connectivity index (χ0) is 16.8. The minimum Gasteiger partial charge on any atom is -0.484 e. The largest absolute Gasteiger partial charge is 0.484 e. The van der Waals surface area contributed by atoms with Gasteiger partial charge in [-0.25, -0.2) is 0 Å². The van der Waals surface area contributed by atoms with Crippen LogP contribution in [-0.4, -0.2) is 38.8 Å². The van der Waals surface area contributed by atoms with Gasteiger partial charge in [-0.2, -0.15) is 0 Å². The number of methoxy groups -OCH3 is 1. The van der Waals surface area contributed by atoms with Crippen molar-refractivity contribution in [3.05, 3.63) is 54.6 Å². The summed E-state index contributed by atoms with van der Waals surface area (Å²) in [4.78, 5) is 14.2. The Morgan fingerprint density at radius 2 is 1.92 bits per heavy atom. The number of para-hydroxylation sites is 1. The van der Waals surface area contributed by atoms with Crippen LogP contribution < -0.4 is 15.0 Å². The molecule has 0 aliphatic carbocycles. The van der Waals surface area contributed by atoms with Gasteiger partial charge in [-0.15, -0.1) is 0 Å². The number of nitrogens with one attached hydrogen (secondary N) is 1. The Kier molecular flexibility index (Phi) is 5.33. The van der Waals surface area contributed by atoms with Gasteiger partial charge in [0.05, 0.1) is 6.10 Å². The molecule has 24 heavy (non-hydrogen) atoms. The average molecular weight is 326 g/mol. The zero-order valence-corrected chi connectivity index (χ0v) is 13.8. The summed E-state index contributed by atoms with van der Waals surface area (Å²) in [5, 5.41) is 2.84. The summed E-state index contributed by atoms with van der Waals surface area (Å²) in [6, 6.07) is 17.2. The average Bonchev–Trinajstić information content (AvgIpc) is 3.11. The Bertz CT molecular complexity index is 658. The number of rotatable bonds is 6. The van der Waals surface area contributed by atoms with Crippen LogP contribution in [0.15, 0.2) is 54.6 Å². The molecule has 2 aromatic carbocycles. The lowest BCUT2D eigenvalue weighted by Crippen LogP contribution is -2.22. The molecule has 1 unspecified atom stereocenters. The molecule has 0 aromatic heterocycles. The highest BCUT2D eigenvalue weighted by Crippen LogP contribution is 2.23. The second-order valence-electron chi connectivity index (χ2n) is 5.79. The van der Waals surface area contributed by atoms with Gasteiger partial charge < -0.3 is 19.7 Å². The number of carbonyl (C=O) groups excluding carboxylic acids is 1. The summed E-state index contributed by atoms with van der Waals surface area (Å²) < 4.78 is 10.8. The van der Waals surface area contributed by atoms with Crippen LogP contribution in [0.4, 0.5) is 11.4 Å². The molecule has 0 radical (unpaired) electrons. The molecular formula is C19H22N2O3. The van der Waals surface area contributed by atoms with Crippen LogP contribution in [0, 0.1) is 0 Å². The minimum absolute atomic E-state index is 0.00654. The zero-order valence-electron chi connectivity index (χ0n) is 13.8. The molecule has 0 saturated carbocycles. The molecule has 1 aliphatic heterocycles. The standard InChI is InChI=1S/C19H22N2O3/c1-23-18-11-12-21(13-18)16-9-7-15(8-10-16)20-19(22)14-24-17-5-3-2-4-6-17/h2-10,18H,11-14H2,1H3,(H,20,22). The number of carbonyl (C=O) groups is 1. The topological polar surface area (TPSA) is 50.8 Å². The third-order valence-corrected chi connectivity index (χ3v) is 4.11. The summed E-state index contributed by atoms with van der Waals surface area (Å²) >= 11 is 0. The minimum atomic E-state index is -0.174. The van der Waals surface area contributed by atoms with Crippen LogP contribution in [0.5, 0.6) is 5.75 Å². The van der Waals surface area contributed by atoms with E-state index in [2.05, 4.69) is 10.2 Å². The lowest BCUT2D eigenvalue weighted by Gasteiger charge is -2.18. The summed E-state index contributed by atoms with van der Waals surface area (Å²) in [5.41, 5.74) is 1.91. The van der Waals surface area contributed by atoms with Gasteiger partial charge >= 0.3 is 0 Å². The fourth-order valence-corrected chi connectivity index (χ4v) is 2.77. The van der Waals surface area contributed by atoms with Gasteiger partial charge in [0.25, 0.3) is 5.91 Å². The molecule has 126 valence electrons. The van der Waals surface area contributed by atoms with Gasteiger partial charge in [-0.3, -0.25) is 4.79 Å². The lowest BCUT2D eigenvalue weighted by molar-refractivity contribution is -0.118. The van der Waals surface area contributed by atoms with Crippen LogP contribution in [-0.2, 0) is 9.53 Å². The molecule has 1 saturated heterocycles. The molecule has 3 rings (SSSR count). The third kappa shape index (κ3) is 4.26. The SMILES string of the molecule is COC1CCN(c2ccc(NC(=O)COc3ccccc3)cc2)C1. The predicted octanol–water partition coefficient (Wildman–Crippen LogP) is 2.93. The van der Waals surface area contributed by atoms with E-state index in [9.17, 15) is 4.79 Å². The quantitative estimate of drug-likeness (QED) is 0.887. The van der Waals surface area contributed by atoms with Gasteiger partial charge in [0, 0.05) is 31.6 Å². The Hall–Kier alpha value is -2.53. The monoisotopic (exact) mass is 326 g/mol. The van der Waals surface area contributed by atoms with E-state index in [-0.39, 0.29) is 12.5 Å². The molecule has 2 aromatic rings. The van der Waals surface area contributed by atoms with Crippen molar-refractivity contribution in [3.63, 3.8) is 0 Å². The normalized spacial score (nSPS) is 16.9. The molecule has 1 aliphatic rings. The summed E-state index contributed by atoms with van der Waals surface area (Å²) in [5.74, 6) is 0.511. The molecule has 0 bridgehead atoms. The highest BCUT2D eigenvalue weighted by molar-refractivity contribution is 5.92. The molecule has 1 N–H and O–H groups in total. The fraction of sp³-hybridized carbons (Fsp3) is 0.316. The Balaban J connectivity index is 1.50. The first-order valence-corrected chi connectivity index (χ1v) is 8.10. The Morgan fingerprint density at radius 1 is 1.17 bits per heavy atom. The number of hydrogen-bond donors (Lipinski definition) is 1. The summed E-state index contributed by atoms with van der Waals surface area (Å²) in [6.45, 7) is 1.90. The van der Waals surface area contributed by atoms with E-state index in [1.807, 2.05) is 54.6 Å². The van der Waals surface area contributed by atoms with Crippen molar-refractivity contribution in [2.45, 2.75) is 12.5 Å². The molecule has 1 heterocycles. The van der Waals surface area contributed by atoms with E-state index in [0.29, 0.717) is 11.9 Å². The molecule has 5 nitrogen and oxygen atoms in total. The van der Waals surface area contributed by atoms with E-state index >= 15 is 0 Å². The van der Waals surface area contributed by atoms with Gasteiger partial charge in [-0.1, -0.05) is 18.2 Å². The molecular weight excluding hydrogens is 304 g/mol. The summed E-state index contributed by atoms with van der Waals surface area (Å²) in [6.07, 6.45) is 1.35. The van der Waals surface area contributed by atoms with E-state index in [0.717, 1.165) is 30.9 Å². The number of benzene rings is 2. The molecule has 1 atom stereocenters. The third-order valence-electron chi connectivity index (χ3n) is 4.11. The maximum atomic E-state index is 11.9. The van der Waals surface area contributed by atoms with E-state index in [4.69, 9.17) is 9.47 Å². The number of nitrogens with zero attached hydrogens (tertiary/aromatic N) is 1. The van der Waals surface area contributed by atoms with Crippen molar-refractivity contribution in [1.82, 2.24) is 0 Å². The first-order chi connectivity index (χ1) is 11.7. The van der Waals surface area contributed by atoms with Crippen LogP contribution >= 0.6 is 0 Å². The highest BCUT2D eigenvalue weighted by Gasteiger charge is 2.22. The Morgan fingerprint density at radius 3 is 2.58 bits per heavy atom. The van der Waals surface area contributed by atoms with Crippen molar-refractivity contribution in [2.24, 2.45) is 0 Å². The van der Waals surface area contributed by atoms with Gasteiger partial charge in [0.1, 0.15) is 5.75 Å². The molecule has 0 spiro atoms. The first kappa shape index (κ1) is 16.3. The first-order valence-electron chi connectivity index (χ1n) is 8.10. The maximum absolute atomic E-state index is 11.9.